The van der Waals surface area contributed by atoms with E-state index in [4.69, 9.17) is 11.6 Å². The van der Waals surface area contributed by atoms with Crippen LogP contribution in [-0.2, 0) is 11.2 Å². The van der Waals surface area contributed by atoms with Gasteiger partial charge in [0.05, 0.1) is 5.92 Å². The van der Waals surface area contributed by atoms with E-state index in [0.29, 0.717) is 11.8 Å². The predicted molar refractivity (Wildman–Crippen MR) is 79.6 cm³/mol. The number of carbonyl (C=O) groups excluding carboxylic acids is 1. The van der Waals surface area contributed by atoms with E-state index in [1.54, 1.807) is 0 Å². The zero-order valence-electron chi connectivity index (χ0n) is 11.7. The zero-order chi connectivity index (χ0) is 13.8. The molecular weight excluding hydrogens is 258 g/mol. The van der Waals surface area contributed by atoms with Crippen LogP contribution >= 0.6 is 11.6 Å². The van der Waals surface area contributed by atoms with Gasteiger partial charge in [-0.3, -0.25) is 4.79 Å². The Labute approximate surface area is 120 Å². The van der Waals surface area contributed by atoms with Crippen molar-refractivity contribution in [2.45, 2.75) is 45.1 Å². The first-order valence-electron chi connectivity index (χ1n) is 7.07. The maximum atomic E-state index is 12.4. The summed E-state index contributed by atoms with van der Waals surface area (Å²) >= 11 is 5.85. The summed E-state index contributed by atoms with van der Waals surface area (Å²) in [5.74, 6) is 1.03. The quantitative estimate of drug-likeness (QED) is 0.840. The lowest BCUT2D eigenvalue weighted by molar-refractivity contribution is -0.123. The van der Waals surface area contributed by atoms with Gasteiger partial charge >= 0.3 is 0 Å². The second-order valence-electron chi connectivity index (χ2n) is 5.57. The molecule has 104 valence electrons. The Morgan fingerprint density at radius 3 is 2.89 bits per heavy atom. The molecule has 1 aromatic carbocycles. The highest BCUT2D eigenvalue weighted by molar-refractivity contribution is 6.18. The van der Waals surface area contributed by atoms with Crippen molar-refractivity contribution in [2.24, 2.45) is 5.92 Å². The van der Waals surface area contributed by atoms with Crippen molar-refractivity contribution in [3.8, 4) is 0 Å². The Bertz CT molecular complexity index is 446. The number of fused-ring (bicyclic) bond motifs is 1. The highest BCUT2D eigenvalue weighted by Gasteiger charge is 2.27. The van der Waals surface area contributed by atoms with Gasteiger partial charge in [0.25, 0.3) is 0 Å². The molecular formula is C16H22ClNO. The van der Waals surface area contributed by atoms with Crippen LogP contribution < -0.4 is 5.32 Å². The van der Waals surface area contributed by atoms with E-state index in [0.717, 1.165) is 19.3 Å². The van der Waals surface area contributed by atoms with Gasteiger partial charge in [-0.25, -0.2) is 0 Å². The lowest BCUT2D eigenvalue weighted by Crippen LogP contribution is -2.41. The van der Waals surface area contributed by atoms with Gasteiger partial charge in [-0.05, 0) is 43.2 Å². The smallest absolute Gasteiger partial charge is 0.227 e. The monoisotopic (exact) mass is 279 g/mol. The zero-order valence-corrected chi connectivity index (χ0v) is 12.4. The summed E-state index contributed by atoms with van der Waals surface area (Å²) in [6, 6.07) is 8.43. The molecule has 0 fully saturated rings. The standard InChI is InChI=1S/C16H22ClNO/c1-11(10-17)12(2)18-16(19)15-9-5-7-13-6-3-4-8-14(13)15/h3-4,6,8,11-12,15H,5,7,9-10H2,1-2H3,(H,18,19). The second-order valence-corrected chi connectivity index (χ2v) is 5.88. The molecule has 1 aromatic rings. The van der Waals surface area contributed by atoms with Crippen LogP contribution in [0.3, 0.4) is 0 Å². The van der Waals surface area contributed by atoms with E-state index in [-0.39, 0.29) is 17.9 Å². The lowest BCUT2D eigenvalue weighted by Gasteiger charge is -2.27. The largest absolute Gasteiger partial charge is 0.353 e. The molecule has 0 saturated carbocycles. The first-order valence-corrected chi connectivity index (χ1v) is 7.61. The van der Waals surface area contributed by atoms with Gasteiger partial charge in [0, 0.05) is 11.9 Å². The summed E-state index contributed by atoms with van der Waals surface area (Å²) in [7, 11) is 0. The van der Waals surface area contributed by atoms with Gasteiger partial charge in [-0.15, -0.1) is 11.6 Å². The average Bonchev–Trinajstić information content (AvgIpc) is 2.45. The number of aryl methyl sites for hydroxylation is 1. The second kappa shape index (κ2) is 6.42. The molecule has 0 spiro atoms. The Morgan fingerprint density at radius 1 is 1.42 bits per heavy atom. The lowest BCUT2D eigenvalue weighted by atomic mass is 9.82. The number of carbonyl (C=O) groups is 1. The van der Waals surface area contributed by atoms with Crippen LogP contribution in [0.4, 0.5) is 0 Å². The third-order valence-electron chi connectivity index (χ3n) is 4.15. The van der Waals surface area contributed by atoms with Gasteiger partial charge < -0.3 is 5.32 Å². The van der Waals surface area contributed by atoms with Crippen molar-refractivity contribution in [1.29, 1.82) is 0 Å². The van der Waals surface area contributed by atoms with Gasteiger partial charge in [-0.1, -0.05) is 31.2 Å². The minimum Gasteiger partial charge on any atom is -0.353 e. The number of nitrogens with one attached hydrogen (secondary N) is 1. The Kier molecular flexibility index (Phi) is 4.87. The molecule has 0 aromatic heterocycles. The van der Waals surface area contributed by atoms with E-state index in [1.807, 2.05) is 13.0 Å². The molecule has 0 aliphatic heterocycles. The van der Waals surface area contributed by atoms with E-state index in [9.17, 15) is 4.79 Å². The maximum absolute atomic E-state index is 12.4. The number of amides is 1. The van der Waals surface area contributed by atoms with Crippen LogP contribution in [0.15, 0.2) is 24.3 Å². The van der Waals surface area contributed by atoms with E-state index < -0.39 is 0 Å². The van der Waals surface area contributed by atoms with Crippen molar-refractivity contribution in [1.82, 2.24) is 5.32 Å². The Balaban J connectivity index is 2.09. The Hall–Kier alpha value is -1.02. The summed E-state index contributed by atoms with van der Waals surface area (Å²) in [5, 5.41) is 3.12. The fourth-order valence-electron chi connectivity index (χ4n) is 2.63. The van der Waals surface area contributed by atoms with Gasteiger partial charge in [0.2, 0.25) is 5.91 Å². The van der Waals surface area contributed by atoms with Gasteiger partial charge in [-0.2, -0.15) is 0 Å². The summed E-state index contributed by atoms with van der Waals surface area (Å²) in [5.41, 5.74) is 2.53. The molecule has 0 bridgehead atoms. The summed E-state index contributed by atoms with van der Waals surface area (Å²) in [6.45, 7) is 4.09. The number of hydrogen-bond donors (Lipinski definition) is 1. The summed E-state index contributed by atoms with van der Waals surface area (Å²) in [4.78, 5) is 12.4. The molecule has 3 heteroatoms. The molecule has 0 radical (unpaired) electrons. The molecule has 1 aliphatic carbocycles. The van der Waals surface area contributed by atoms with E-state index in [1.165, 1.54) is 11.1 Å². The summed E-state index contributed by atoms with van der Waals surface area (Å²) < 4.78 is 0. The minimum atomic E-state index is 0.00919. The van der Waals surface area contributed by atoms with Crippen molar-refractivity contribution in [3.63, 3.8) is 0 Å². The first kappa shape index (κ1) is 14.4. The molecule has 3 atom stereocenters. The Morgan fingerprint density at radius 2 is 2.16 bits per heavy atom. The predicted octanol–water partition coefficient (Wildman–Crippen LogP) is 3.49. The number of rotatable bonds is 4. The molecule has 2 nitrogen and oxygen atoms in total. The number of benzene rings is 1. The normalized spacial score (nSPS) is 21.3. The number of alkyl halides is 1. The molecule has 1 aliphatic rings. The highest BCUT2D eigenvalue weighted by atomic mass is 35.5. The molecule has 1 N–H and O–H groups in total. The van der Waals surface area contributed by atoms with Crippen LogP contribution in [0.25, 0.3) is 0 Å². The first-order chi connectivity index (χ1) is 9.13. The third-order valence-corrected chi connectivity index (χ3v) is 4.64. The third kappa shape index (κ3) is 3.30. The number of halogens is 1. The molecule has 1 amide bonds. The molecule has 3 unspecified atom stereocenters. The van der Waals surface area contributed by atoms with Crippen molar-refractivity contribution in [3.05, 3.63) is 35.4 Å². The maximum Gasteiger partial charge on any atom is 0.227 e. The summed E-state index contributed by atoms with van der Waals surface area (Å²) in [6.07, 6.45) is 3.13. The van der Waals surface area contributed by atoms with Crippen LogP contribution in [0, 0.1) is 5.92 Å². The van der Waals surface area contributed by atoms with Gasteiger partial charge in [0.15, 0.2) is 0 Å². The van der Waals surface area contributed by atoms with Gasteiger partial charge in [0.1, 0.15) is 0 Å². The molecule has 2 rings (SSSR count). The van der Waals surface area contributed by atoms with Crippen LogP contribution in [0.5, 0.6) is 0 Å². The van der Waals surface area contributed by atoms with Crippen molar-refractivity contribution in [2.75, 3.05) is 5.88 Å². The van der Waals surface area contributed by atoms with Crippen LogP contribution in [0.2, 0.25) is 0 Å². The SMILES string of the molecule is CC(CCl)C(C)NC(=O)C1CCCc2ccccc21. The highest BCUT2D eigenvalue weighted by Crippen LogP contribution is 2.31. The molecule has 0 saturated heterocycles. The molecule has 0 heterocycles. The van der Waals surface area contributed by atoms with E-state index >= 15 is 0 Å². The van der Waals surface area contributed by atoms with Crippen molar-refractivity contribution < 1.29 is 4.79 Å². The fraction of sp³-hybridized carbons (Fsp3) is 0.562. The van der Waals surface area contributed by atoms with Crippen LogP contribution in [-0.4, -0.2) is 17.8 Å². The minimum absolute atomic E-state index is 0.00919. The fourth-order valence-corrected chi connectivity index (χ4v) is 2.89. The van der Waals surface area contributed by atoms with Crippen LogP contribution in [0.1, 0.15) is 43.7 Å². The average molecular weight is 280 g/mol. The number of hydrogen-bond acceptors (Lipinski definition) is 1. The topological polar surface area (TPSA) is 29.1 Å². The molecule has 19 heavy (non-hydrogen) atoms. The van der Waals surface area contributed by atoms with E-state index in [2.05, 4.69) is 30.4 Å². The van der Waals surface area contributed by atoms with Crippen molar-refractivity contribution >= 4 is 17.5 Å².